The van der Waals surface area contributed by atoms with Gasteiger partial charge in [-0.05, 0) is 44.6 Å². The zero-order chi connectivity index (χ0) is 13.9. The third-order valence-electron chi connectivity index (χ3n) is 4.46. The number of benzene rings is 1. The van der Waals surface area contributed by atoms with Gasteiger partial charge in [0.25, 0.3) is 0 Å². The molecule has 108 valence electrons. The molecular weight excluding hydrogens is 248 g/mol. The molecule has 1 aromatic carbocycles. The molecule has 2 heterocycles. The number of hydrogen-bond acceptors (Lipinski definition) is 3. The van der Waals surface area contributed by atoms with Gasteiger partial charge in [0.2, 0.25) is 0 Å². The van der Waals surface area contributed by atoms with Crippen molar-refractivity contribution in [3.8, 4) is 0 Å². The number of rotatable bonds is 4. The molecule has 20 heavy (non-hydrogen) atoms. The molecule has 1 aliphatic rings. The van der Waals surface area contributed by atoms with Crippen molar-refractivity contribution in [1.82, 2.24) is 19.8 Å². The number of piperidine rings is 1. The number of nitrogens with one attached hydrogen (secondary N) is 1. The minimum atomic E-state index is 0.637. The minimum absolute atomic E-state index is 0.637. The predicted octanol–water partition coefficient (Wildman–Crippen LogP) is 2.15. The summed E-state index contributed by atoms with van der Waals surface area (Å²) in [4.78, 5) is 7.24. The minimum Gasteiger partial charge on any atom is -0.330 e. The van der Waals surface area contributed by atoms with E-state index in [0.29, 0.717) is 6.04 Å². The van der Waals surface area contributed by atoms with Crippen LogP contribution < -0.4 is 5.32 Å². The SMILES string of the molecule is CCN1CCC(NCc2nc3ccccc3n2C)CC1. The summed E-state index contributed by atoms with van der Waals surface area (Å²) in [7, 11) is 2.10. The van der Waals surface area contributed by atoms with Crippen molar-refractivity contribution in [1.29, 1.82) is 0 Å². The molecule has 3 rings (SSSR count). The maximum atomic E-state index is 4.72. The second-order valence-corrected chi connectivity index (χ2v) is 5.67. The zero-order valence-corrected chi connectivity index (χ0v) is 12.5. The number of likely N-dealkylation sites (tertiary alicyclic amines) is 1. The lowest BCUT2D eigenvalue weighted by Crippen LogP contribution is -2.42. The number of aromatic nitrogens is 2. The lowest BCUT2D eigenvalue weighted by molar-refractivity contribution is 0.205. The Hall–Kier alpha value is -1.39. The van der Waals surface area contributed by atoms with Gasteiger partial charge in [0.1, 0.15) is 5.82 Å². The summed E-state index contributed by atoms with van der Waals surface area (Å²) in [5.41, 5.74) is 2.30. The first kappa shape index (κ1) is 13.6. The summed E-state index contributed by atoms with van der Waals surface area (Å²) in [6.45, 7) is 6.72. The van der Waals surface area contributed by atoms with Gasteiger partial charge in [-0.15, -0.1) is 0 Å². The van der Waals surface area contributed by atoms with Gasteiger partial charge >= 0.3 is 0 Å². The van der Waals surface area contributed by atoms with E-state index in [-0.39, 0.29) is 0 Å². The molecule has 0 radical (unpaired) electrons. The van der Waals surface area contributed by atoms with Crippen LogP contribution in [0.2, 0.25) is 0 Å². The van der Waals surface area contributed by atoms with E-state index in [1.807, 2.05) is 6.07 Å². The molecule has 4 heteroatoms. The van der Waals surface area contributed by atoms with Crippen LogP contribution in [-0.4, -0.2) is 40.1 Å². The van der Waals surface area contributed by atoms with Crippen LogP contribution in [-0.2, 0) is 13.6 Å². The first-order chi connectivity index (χ1) is 9.78. The summed E-state index contributed by atoms with van der Waals surface area (Å²) in [5, 5.41) is 3.67. The van der Waals surface area contributed by atoms with Gasteiger partial charge in [0.15, 0.2) is 0 Å². The van der Waals surface area contributed by atoms with Gasteiger partial charge in [-0.25, -0.2) is 4.98 Å². The molecule has 0 spiro atoms. The van der Waals surface area contributed by atoms with Crippen molar-refractivity contribution in [2.45, 2.75) is 32.4 Å². The zero-order valence-electron chi connectivity index (χ0n) is 12.5. The van der Waals surface area contributed by atoms with Crippen LogP contribution >= 0.6 is 0 Å². The highest BCUT2D eigenvalue weighted by Crippen LogP contribution is 2.15. The molecule has 2 aromatic rings. The lowest BCUT2D eigenvalue weighted by atomic mass is 10.1. The Balaban J connectivity index is 1.61. The van der Waals surface area contributed by atoms with Crippen molar-refractivity contribution in [3.05, 3.63) is 30.1 Å². The maximum absolute atomic E-state index is 4.72. The van der Waals surface area contributed by atoms with E-state index in [1.165, 1.54) is 38.0 Å². The Kier molecular flexibility index (Phi) is 4.03. The highest BCUT2D eigenvalue weighted by atomic mass is 15.1. The smallest absolute Gasteiger partial charge is 0.123 e. The van der Waals surface area contributed by atoms with Crippen molar-refractivity contribution >= 4 is 11.0 Å². The average Bonchev–Trinajstić information content (AvgIpc) is 2.83. The summed E-state index contributed by atoms with van der Waals surface area (Å²) >= 11 is 0. The van der Waals surface area contributed by atoms with E-state index in [4.69, 9.17) is 4.98 Å². The Morgan fingerprint density at radius 1 is 1.25 bits per heavy atom. The summed E-state index contributed by atoms with van der Waals surface area (Å²) in [5.74, 6) is 1.13. The highest BCUT2D eigenvalue weighted by Gasteiger charge is 2.18. The monoisotopic (exact) mass is 272 g/mol. The number of aryl methyl sites for hydroxylation is 1. The van der Waals surface area contributed by atoms with Gasteiger partial charge in [-0.3, -0.25) is 0 Å². The first-order valence-corrected chi connectivity index (χ1v) is 7.64. The third-order valence-corrected chi connectivity index (χ3v) is 4.46. The molecule has 0 bridgehead atoms. The molecule has 1 aliphatic heterocycles. The van der Waals surface area contributed by atoms with E-state index in [1.54, 1.807) is 0 Å². The molecule has 0 atom stereocenters. The maximum Gasteiger partial charge on any atom is 0.123 e. The Labute approximate surface area is 120 Å². The fourth-order valence-electron chi connectivity index (χ4n) is 3.04. The lowest BCUT2D eigenvalue weighted by Gasteiger charge is -2.31. The molecule has 0 aliphatic carbocycles. The van der Waals surface area contributed by atoms with Crippen LogP contribution in [0.15, 0.2) is 24.3 Å². The van der Waals surface area contributed by atoms with Crippen LogP contribution in [0.4, 0.5) is 0 Å². The Bertz CT molecular complexity index is 567. The standard InChI is InChI=1S/C16H24N4/c1-3-20-10-8-13(9-11-20)17-12-16-18-14-6-4-5-7-15(14)19(16)2/h4-7,13,17H,3,8-12H2,1-2H3. The number of para-hydroxylation sites is 2. The highest BCUT2D eigenvalue weighted by molar-refractivity contribution is 5.75. The molecule has 1 N–H and O–H groups in total. The molecular formula is C16H24N4. The van der Waals surface area contributed by atoms with Crippen molar-refractivity contribution < 1.29 is 0 Å². The second-order valence-electron chi connectivity index (χ2n) is 5.67. The topological polar surface area (TPSA) is 33.1 Å². The van der Waals surface area contributed by atoms with E-state index in [2.05, 4.69) is 47.0 Å². The fraction of sp³-hybridized carbons (Fsp3) is 0.562. The van der Waals surface area contributed by atoms with Gasteiger partial charge in [-0.2, -0.15) is 0 Å². The Morgan fingerprint density at radius 3 is 2.70 bits per heavy atom. The molecule has 0 amide bonds. The van der Waals surface area contributed by atoms with Gasteiger partial charge < -0.3 is 14.8 Å². The van der Waals surface area contributed by atoms with E-state index < -0.39 is 0 Å². The van der Waals surface area contributed by atoms with E-state index in [0.717, 1.165) is 17.9 Å². The van der Waals surface area contributed by atoms with Gasteiger partial charge in [0, 0.05) is 13.1 Å². The summed E-state index contributed by atoms with van der Waals surface area (Å²) < 4.78 is 2.20. The van der Waals surface area contributed by atoms with E-state index >= 15 is 0 Å². The number of fused-ring (bicyclic) bond motifs is 1. The summed E-state index contributed by atoms with van der Waals surface area (Å²) in [6.07, 6.45) is 2.50. The molecule has 1 aromatic heterocycles. The van der Waals surface area contributed by atoms with Crippen LogP contribution in [0, 0.1) is 0 Å². The second kappa shape index (κ2) is 5.94. The van der Waals surface area contributed by atoms with Gasteiger partial charge in [0.05, 0.1) is 17.6 Å². The van der Waals surface area contributed by atoms with Crippen molar-refractivity contribution in [3.63, 3.8) is 0 Å². The molecule has 0 saturated carbocycles. The van der Waals surface area contributed by atoms with E-state index in [9.17, 15) is 0 Å². The molecule has 1 fully saturated rings. The number of nitrogens with zero attached hydrogens (tertiary/aromatic N) is 3. The van der Waals surface area contributed by atoms with Crippen LogP contribution in [0.25, 0.3) is 11.0 Å². The molecule has 0 unspecified atom stereocenters. The normalized spacial score (nSPS) is 17.9. The molecule has 1 saturated heterocycles. The largest absolute Gasteiger partial charge is 0.330 e. The van der Waals surface area contributed by atoms with Crippen LogP contribution in [0.1, 0.15) is 25.6 Å². The first-order valence-electron chi connectivity index (χ1n) is 7.64. The quantitative estimate of drug-likeness (QED) is 0.926. The summed E-state index contributed by atoms with van der Waals surface area (Å²) in [6, 6.07) is 8.97. The van der Waals surface area contributed by atoms with Gasteiger partial charge in [-0.1, -0.05) is 19.1 Å². The predicted molar refractivity (Wildman–Crippen MR) is 82.7 cm³/mol. The third kappa shape index (κ3) is 2.72. The van der Waals surface area contributed by atoms with Crippen LogP contribution in [0.3, 0.4) is 0 Å². The molecule has 4 nitrogen and oxygen atoms in total. The number of imidazole rings is 1. The van der Waals surface area contributed by atoms with Crippen molar-refractivity contribution in [2.24, 2.45) is 7.05 Å². The fourth-order valence-corrected chi connectivity index (χ4v) is 3.04. The number of hydrogen-bond donors (Lipinski definition) is 1. The van der Waals surface area contributed by atoms with Crippen LogP contribution in [0.5, 0.6) is 0 Å². The Morgan fingerprint density at radius 2 is 2.00 bits per heavy atom. The average molecular weight is 272 g/mol. The van der Waals surface area contributed by atoms with Crippen molar-refractivity contribution in [2.75, 3.05) is 19.6 Å².